The summed E-state index contributed by atoms with van der Waals surface area (Å²) in [4.78, 5) is 25.5. The second kappa shape index (κ2) is 5.92. The maximum atomic E-state index is 12.8. The molecule has 1 amide bonds. The monoisotopic (exact) mass is 322 g/mol. The lowest BCUT2D eigenvalue weighted by molar-refractivity contribution is 0.0668. The predicted molar refractivity (Wildman–Crippen MR) is 90.8 cm³/mol. The van der Waals surface area contributed by atoms with Crippen LogP contribution in [0.3, 0.4) is 0 Å². The van der Waals surface area contributed by atoms with Gasteiger partial charge >= 0.3 is 0 Å². The molecule has 7 nitrogen and oxygen atoms in total. The fraction of sp³-hybridized carbons (Fsp3) is 0.294. The molecule has 1 atom stereocenters. The summed E-state index contributed by atoms with van der Waals surface area (Å²) in [5, 5.41) is 6.80. The molecule has 4 heterocycles. The minimum Gasteiger partial charge on any atom is -0.368 e. The van der Waals surface area contributed by atoms with Crippen LogP contribution in [0.4, 0.5) is 5.69 Å². The number of aromatic nitrogens is 4. The summed E-state index contributed by atoms with van der Waals surface area (Å²) in [6.07, 6.45) is 5.22. The normalized spacial score (nSPS) is 18.1. The van der Waals surface area contributed by atoms with Crippen LogP contribution in [-0.2, 0) is 0 Å². The van der Waals surface area contributed by atoms with Crippen molar-refractivity contribution >= 4 is 22.6 Å². The molecule has 3 aromatic heterocycles. The van der Waals surface area contributed by atoms with Crippen molar-refractivity contribution in [1.29, 1.82) is 0 Å². The minimum absolute atomic E-state index is 0.0278. The number of H-pyrrole nitrogens is 1. The first-order valence-electron chi connectivity index (χ1n) is 7.98. The van der Waals surface area contributed by atoms with E-state index in [0.29, 0.717) is 17.8 Å². The van der Waals surface area contributed by atoms with Gasteiger partial charge < -0.3 is 9.80 Å². The predicted octanol–water partition coefficient (Wildman–Crippen LogP) is 1.70. The Morgan fingerprint density at radius 2 is 2.04 bits per heavy atom. The highest BCUT2D eigenvalue weighted by Gasteiger charge is 2.29. The molecule has 1 fully saturated rings. The Balaban J connectivity index is 1.51. The molecule has 0 aliphatic carbocycles. The molecular formula is C17H18N6O. The molecule has 24 heavy (non-hydrogen) atoms. The molecule has 1 N–H and O–H groups in total. The molecule has 0 spiro atoms. The number of hydrogen-bond acceptors (Lipinski definition) is 5. The number of amides is 1. The Labute approximate surface area is 139 Å². The number of nitrogens with zero attached hydrogens (tertiary/aromatic N) is 5. The number of pyridine rings is 2. The third-order valence-corrected chi connectivity index (χ3v) is 4.43. The Morgan fingerprint density at radius 3 is 2.83 bits per heavy atom. The van der Waals surface area contributed by atoms with Gasteiger partial charge in [-0.05, 0) is 31.2 Å². The van der Waals surface area contributed by atoms with Gasteiger partial charge in [-0.1, -0.05) is 0 Å². The van der Waals surface area contributed by atoms with Crippen molar-refractivity contribution < 1.29 is 4.79 Å². The van der Waals surface area contributed by atoms with E-state index in [9.17, 15) is 4.79 Å². The minimum atomic E-state index is -0.0278. The Kier molecular flexibility index (Phi) is 3.60. The number of piperazine rings is 1. The zero-order chi connectivity index (χ0) is 16.5. The van der Waals surface area contributed by atoms with E-state index >= 15 is 0 Å². The molecule has 3 aromatic rings. The van der Waals surface area contributed by atoms with Crippen molar-refractivity contribution in [3.05, 3.63) is 48.5 Å². The van der Waals surface area contributed by atoms with Gasteiger partial charge in [-0.15, -0.1) is 0 Å². The first kappa shape index (κ1) is 14.6. The van der Waals surface area contributed by atoms with Crippen molar-refractivity contribution in [3.63, 3.8) is 0 Å². The molecule has 1 aliphatic rings. The average molecular weight is 322 g/mol. The summed E-state index contributed by atoms with van der Waals surface area (Å²) >= 11 is 0. The Bertz CT molecular complexity index is 862. The van der Waals surface area contributed by atoms with Gasteiger partial charge in [0.05, 0.1) is 11.7 Å². The van der Waals surface area contributed by atoms with Crippen LogP contribution in [0.1, 0.15) is 17.4 Å². The lowest BCUT2D eigenvalue weighted by Gasteiger charge is -2.40. The van der Waals surface area contributed by atoms with Gasteiger partial charge in [0.15, 0.2) is 0 Å². The molecule has 1 aliphatic heterocycles. The number of carbonyl (C=O) groups excluding carboxylic acids is 1. The van der Waals surface area contributed by atoms with Crippen molar-refractivity contribution in [2.24, 2.45) is 0 Å². The van der Waals surface area contributed by atoms with Crippen molar-refractivity contribution in [2.45, 2.75) is 13.0 Å². The van der Waals surface area contributed by atoms with Gasteiger partial charge in [-0.3, -0.25) is 14.9 Å². The zero-order valence-electron chi connectivity index (χ0n) is 13.4. The second-order valence-electron chi connectivity index (χ2n) is 6.00. The van der Waals surface area contributed by atoms with Gasteiger partial charge in [0.1, 0.15) is 11.2 Å². The molecule has 122 valence electrons. The zero-order valence-corrected chi connectivity index (χ0v) is 13.4. The summed E-state index contributed by atoms with van der Waals surface area (Å²) in [7, 11) is 0. The van der Waals surface area contributed by atoms with Gasteiger partial charge in [0.25, 0.3) is 5.91 Å². The standard InChI is InChI=1S/C17H18N6O/c1-12-11-22(13-4-6-18-7-5-13)8-9-23(12)17(24)15-3-2-14-16(20-15)10-19-21-14/h2-7,10,12H,8-9,11H2,1H3,(H,19,21). The number of nitrogens with one attached hydrogen (secondary N) is 1. The summed E-state index contributed by atoms with van der Waals surface area (Å²) < 4.78 is 0. The smallest absolute Gasteiger partial charge is 0.272 e. The van der Waals surface area contributed by atoms with Crippen LogP contribution in [0.5, 0.6) is 0 Å². The average Bonchev–Trinajstić information content (AvgIpc) is 3.09. The highest BCUT2D eigenvalue weighted by atomic mass is 16.2. The topological polar surface area (TPSA) is 78.0 Å². The lowest BCUT2D eigenvalue weighted by Crippen LogP contribution is -2.54. The van der Waals surface area contributed by atoms with Crippen LogP contribution in [-0.4, -0.2) is 56.6 Å². The van der Waals surface area contributed by atoms with E-state index in [4.69, 9.17) is 0 Å². The van der Waals surface area contributed by atoms with Crippen molar-refractivity contribution in [1.82, 2.24) is 25.1 Å². The van der Waals surface area contributed by atoms with E-state index in [-0.39, 0.29) is 11.9 Å². The van der Waals surface area contributed by atoms with E-state index < -0.39 is 0 Å². The molecule has 1 unspecified atom stereocenters. The van der Waals surface area contributed by atoms with Crippen LogP contribution in [0.25, 0.3) is 11.0 Å². The Morgan fingerprint density at radius 1 is 1.21 bits per heavy atom. The number of hydrogen-bond donors (Lipinski definition) is 1. The van der Waals surface area contributed by atoms with Gasteiger partial charge in [0.2, 0.25) is 0 Å². The summed E-state index contributed by atoms with van der Waals surface area (Å²) in [6, 6.07) is 7.71. The van der Waals surface area contributed by atoms with Crippen molar-refractivity contribution in [3.8, 4) is 0 Å². The molecule has 0 bridgehead atoms. The van der Waals surface area contributed by atoms with E-state index in [1.54, 1.807) is 24.7 Å². The number of carbonyl (C=O) groups is 1. The van der Waals surface area contributed by atoms with Gasteiger partial charge in [0, 0.05) is 43.8 Å². The number of aromatic amines is 1. The largest absolute Gasteiger partial charge is 0.368 e. The highest BCUT2D eigenvalue weighted by Crippen LogP contribution is 2.20. The van der Waals surface area contributed by atoms with Crippen molar-refractivity contribution in [2.75, 3.05) is 24.5 Å². The third kappa shape index (κ3) is 2.58. The maximum absolute atomic E-state index is 12.8. The number of fused-ring (bicyclic) bond motifs is 1. The summed E-state index contributed by atoms with van der Waals surface area (Å²) in [5.41, 5.74) is 3.15. The number of anilines is 1. The molecular weight excluding hydrogens is 304 g/mol. The van der Waals surface area contributed by atoms with Crippen LogP contribution >= 0.6 is 0 Å². The van der Waals surface area contributed by atoms with Crippen LogP contribution in [0.2, 0.25) is 0 Å². The fourth-order valence-corrected chi connectivity index (χ4v) is 3.15. The molecule has 0 saturated carbocycles. The van der Waals surface area contributed by atoms with Crippen LogP contribution < -0.4 is 4.90 Å². The van der Waals surface area contributed by atoms with E-state index in [2.05, 4.69) is 32.0 Å². The molecule has 0 aromatic carbocycles. The first-order chi connectivity index (χ1) is 11.7. The molecule has 4 rings (SSSR count). The summed E-state index contributed by atoms with van der Waals surface area (Å²) in [6.45, 7) is 4.34. The van der Waals surface area contributed by atoms with E-state index in [0.717, 1.165) is 24.3 Å². The SMILES string of the molecule is CC1CN(c2ccncc2)CCN1C(=O)c1ccc2[nH]ncc2n1. The van der Waals surface area contributed by atoms with Crippen LogP contribution in [0.15, 0.2) is 42.9 Å². The lowest BCUT2D eigenvalue weighted by atomic mass is 10.1. The second-order valence-corrected chi connectivity index (χ2v) is 6.00. The molecule has 0 radical (unpaired) electrons. The Hall–Kier alpha value is -2.96. The highest BCUT2D eigenvalue weighted by molar-refractivity contribution is 5.94. The number of rotatable bonds is 2. The van der Waals surface area contributed by atoms with E-state index in [1.807, 2.05) is 23.1 Å². The summed E-state index contributed by atoms with van der Waals surface area (Å²) in [5.74, 6) is -0.0278. The quantitative estimate of drug-likeness (QED) is 0.777. The fourth-order valence-electron chi connectivity index (χ4n) is 3.15. The first-order valence-corrected chi connectivity index (χ1v) is 7.98. The van der Waals surface area contributed by atoms with Gasteiger partial charge in [-0.25, -0.2) is 4.98 Å². The maximum Gasteiger partial charge on any atom is 0.272 e. The van der Waals surface area contributed by atoms with E-state index in [1.165, 1.54) is 0 Å². The molecule has 1 saturated heterocycles. The van der Waals surface area contributed by atoms with Gasteiger partial charge in [-0.2, -0.15) is 5.10 Å². The van der Waals surface area contributed by atoms with Crippen LogP contribution in [0, 0.1) is 0 Å². The third-order valence-electron chi connectivity index (χ3n) is 4.43. The molecule has 7 heteroatoms.